The van der Waals surface area contributed by atoms with E-state index >= 15 is 0 Å². The van der Waals surface area contributed by atoms with Crippen LogP contribution in [0.1, 0.15) is 32.3 Å². The standard InChI is InChI=1S/C13H17N5/c1-13(2,3)4-10-17-9-6-15-8-5-14-7-16-11(8)12(9)18-10/h5,7,15H,4,6H2,1-3H3,(H,17,18). The maximum absolute atomic E-state index is 4.69. The van der Waals surface area contributed by atoms with Gasteiger partial charge in [0, 0.05) is 6.42 Å². The predicted molar refractivity (Wildman–Crippen MR) is 70.1 cm³/mol. The molecule has 2 N–H and O–H groups in total. The van der Waals surface area contributed by atoms with Gasteiger partial charge in [0.2, 0.25) is 0 Å². The van der Waals surface area contributed by atoms with Crippen LogP contribution in [0.4, 0.5) is 5.69 Å². The van der Waals surface area contributed by atoms with Crippen LogP contribution in [0.3, 0.4) is 0 Å². The van der Waals surface area contributed by atoms with E-state index in [0.29, 0.717) is 0 Å². The number of nitrogens with zero attached hydrogens (tertiary/aromatic N) is 3. The van der Waals surface area contributed by atoms with Crippen molar-refractivity contribution >= 4 is 5.69 Å². The van der Waals surface area contributed by atoms with Crippen LogP contribution in [0, 0.1) is 5.41 Å². The Morgan fingerprint density at radius 3 is 2.89 bits per heavy atom. The number of aromatic amines is 1. The lowest BCUT2D eigenvalue weighted by Crippen LogP contribution is -2.10. The van der Waals surface area contributed by atoms with E-state index in [-0.39, 0.29) is 5.41 Å². The van der Waals surface area contributed by atoms with Crippen LogP contribution in [0.5, 0.6) is 0 Å². The van der Waals surface area contributed by atoms with Gasteiger partial charge in [0.15, 0.2) is 0 Å². The normalized spacial score (nSPS) is 13.7. The van der Waals surface area contributed by atoms with Gasteiger partial charge in [-0.05, 0) is 5.41 Å². The quantitative estimate of drug-likeness (QED) is 0.807. The average Bonchev–Trinajstić information content (AvgIpc) is 2.69. The molecule has 0 amide bonds. The van der Waals surface area contributed by atoms with E-state index in [1.165, 1.54) is 0 Å². The van der Waals surface area contributed by atoms with Crippen molar-refractivity contribution in [1.29, 1.82) is 0 Å². The third-order valence-electron chi connectivity index (χ3n) is 2.92. The molecule has 0 aliphatic carbocycles. The fourth-order valence-corrected chi connectivity index (χ4v) is 2.20. The molecule has 2 aromatic heterocycles. The molecule has 0 atom stereocenters. The summed E-state index contributed by atoms with van der Waals surface area (Å²) in [7, 11) is 0. The van der Waals surface area contributed by atoms with Gasteiger partial charge in [-0.3, -0.25) is 0 Å². The SMILES string of the molecule is CC(C)(C)Cc1nc2c([nH]1)CNc1cncnc1-2. The van der Waals surface area contributed by atoms with E-state index in [2.05, 4.69) is 41.0 Å². The van der Waals surface area contributed by atoms with Gasteiger partial charge in [0.25, 0.3) is 0 Å². The number of rotatable bonds is 1. The Hall–Kier alpha value is -1.91. The molecule has 5 heteroatoms. The summed E-state index contributed by atoms with van der Waals surface area (Å²) in [5.74, 6) is 1.03. The van der Waals surface area contributed by atoms with Crippen molar-refractivity contribution in [3.05, 3.63) is 24.0 Å². The molecule has 1 aliphatic rings. The second kappa shape index (κ2) is 3.80. The number of nitrogens with one attached hydrogen (secondary N) is 2. The van der Waals surface area contributed by atoms with Crippen molar-refractivity contribution in [3.63, 3.8) is 0 Å². The summed E-state index contributed by atoms with van der Waals surface area (Å²) in [5.41, 5.74) is 4.15. The molecule has 0 spiro atoms. The summed E-state index contributed by atoms with van der Waals surface area (Å²) in [6.07, 6.45) is 4.29. The monoisotopic (exact) mass is 243 g/mol. The van der Waals surface area contributed by atoms with Gasteiger partial charge in [-0.15, -0.1) is 0 Å². The van der Waals surface area contributed by atoms with Crippen LogP contribution < -0.4 is 5.32 Å². The molecule has 94 valence electrons. The topological polar surface area (TPSA) is 66.5 Å². The first-order valence-corrected chi connectivity index (χ1v) is 6.15. The Labute approximate surface area is 106 Å². The highest BCUT2D eigenvalue weighted by atomic mass is 15.0. The number of hydrogen-bond acceptors (Lipinski definition) is 4. The van der Waals surface area contributed by atoms with Crippen molar-refractivity contribution in [1.82, 2.24) is 19.9 Å². The molecular formula is C13H17N5. The molecule has 0 fully saturated rings. The molecule has 0 aromatic carbocycles. The first kappa shape index (κ1) is 11.2. The summed E-state index contributed by atoms with van der Waals surface area (Å²) in [6, 6.07) is 0. The zero-order valence-corrected chi connectivity index (χ0v) is 10.9. The van der Waals surface area contributed by atoms with Gasteiger partial charge >= 0.3 is 0 Å². The highest BCUT2D eigenvalue weighted by molar-refractivity contribution is 5.75. The highest BCUT2D eigenvalue weighted by Gasteiger charge is 2.23. The summed E-state index contributed by atoms with van der Waals surface area (Å²) < 4.78 is 0. The van der Waals surface area contributed by atoms with E-state index in [1.807, 2.05) is 0 Å². The Bertz CT molecular complexity index is 579. The van der Waals surface area contributed by atoms with E-state index in [0.717, 1.165) is 41.6 Å². The van der Waals surface area contributed by atoms with Crippen LogP contribution in [-0.2, 0) is 13.0 Å². The molecule has 1 aliphatic heterocycles. The lowest BCUT2D eigenvalue weighted by atomic mass is 9.92. The van der Waals surface area contributed by atoms with E-state index in [9.17, 15) is 0 Å². The Morgan fingerprint density at radius 1 is 1.28 bits per heavy atom. The minimum atomic E-state index is 0.225. The third kappa shape index (κ3) is 1.96. The number of fused-ring (bicyclic) bond motifs is 3. The molecule has 5 nitrogen and oxygen atoms in total. The molecule has 0 saturated carbocycles. The van der Waals surface area contributed by atoms with Crippen LogP contribution in [0.15, 0.2) is 12.5 Å². The molecule has 3 heterocycles. The lowest BCUT2D eigenvalue weighted by Gasteiger charge is -2.15. The van der Waals surface area contributed by atoms with Crippen LogP contribution >= 0.6 is 0 Å². The maximum atomic E-state index is 4.69. The minimum Gasteiger partial charge on any atom is -0.376 e. The molecular weight excluding hydrogens is 226 g/mol. The van der Waals surface area contributed by atoms with Crippen molar-refractivity contribution in [2.24, 2.45) is 5.41 Å². The predicted octanol–water partition coefficient (Wildman–Crippen LogP) is 2.38. The van der Waals surface area contributed by atoms with E-state index < -0.39 is 0 Å². The van der Waals surface area contributed by atoms with Crippen molar-refractivity contribution in [2.75, 3.05) is 5.32 Å². The summed E-state index contributed by atoms with van der Waals surface area (Å²) >= 11 is 0. The lowest BCUT2D eigenvalue weighted by molar-refractivity contribution is 0.402. The summed E-state index contributed by atoms with van der Waals surface area (Å²) in [6.45, 7) is 7.39. The second-order valence-electron chi connectivity index (χ2n) is 5.89. The highest BCUT2D eigenvalue weighted by Crippen LogP contribution is 2.32. The number of imidazole rings is 1. The summed E-state index contributed by atoms with van der Waals surface area (Å²) in [5, 5.41) is 3.30. The Morgan fingerprint density at radius 2 is 2.11 bits per heavy atom. The van der Waals surface area contributed by atoms with Crippen molar-refractivity contribution < 1.29 is 0 Å². The third-order valence-corrected chi connectivity index (χ3v) is 2.92. The Kier molecular flexibility index (Phi) is 2.36. The average molecular weight is 243 g/mol. The van der Waals surface area contributed by atoms with Gasteiger partial charge in [0.1, 0.15) is 23.5 Å². The van der Waals surface area contributed by atoms with E-state index in [1.54, 1.807) is 12.5 Å². The van der Waals surface area contributed by atoms with Crippen molar-refractivity contribution in [3.8, 4) is 11.4 Å². The van der Waals surface area contributed by atoms with Crippen LogP contribution in [0.25, 0.3) is 11.4 Å². The molecule has 3 rings (SSSR count). The fraction of sp³-hybridized carbons (Fsp3) is 0.462. The van der Waals surface area contributed by atoms with Gasteiger partial charge in [0.05, 0.1) is 24.1 Å². The number of hydrogen-bond donors (Lipinski definition) is 2. The molecule has 2 aromatic rings. The maximum Gasteiger partial charge on any atom is 0.117 e. The van der Waals surface area contributed by atoms with Gasteiger partial charge < -0.3 is 10.3 Å². The van der Waals surface area contributed by atoms with Gasteiger partial charge in [-0.1, -0.05) is 20.8 Å². The first-order chi connectivity index (χ1) is 8.53. The van der Waals surface area contributed by atoms with Crippen molar-refractivity contribution in [2.45, 2.75) is 33.7 Å². The minimum absolute atomic E-state index is 0.225. The van der Waals surface area contributed by atoms with Gasteiger partial charge in [-0.2, -0.15) is 0 Å². The zero-order valence-electron chi connectivity index (χ0n) is 10.9. The molecule has 0 radical (unpaired) electrons. The smallest absolute Gasteiger partial charge is 0.117 e. The molecule has 18 heavy (non-hydrogen) atoms. The van der Waals surface area contributed by atoms with Gasteiger partial charge in [-0.25, -0.2) is 15.0 Å². The second-order valence-corrected chi connectivity index (χ2v) is 5.89. The molecule has 0 bridgehead atoms. The number of anilines is 1. The molecule has 0 saturated heterocycles. The Balaban J connectivity index is 2.02. The number of aromatic nitrogens is 4. The first-order valence-electron chi connectivity index (χ1n) is 6.15. The fourth-order valence-electron chi connectivity index (χ4n) is 2.20. The van der Waals surface area contributed by atoms with E-state index in [4.69, 9.17) is 4.98 Å². The number of H-pyrrole nitrogens is 1. The molecule has 0 unspecified atom stereocenters. The zero-order chi connectivity index (χ0) is 12.8. The summed E-state index contributed by atoms with van der Waals surface area (Å²) in [4.78, 5) is 16.4. The van der Waals surface area contributed by atoms with Crippen LogP contribution in [-0.4, -0.2) is 19.9 Å². The largest absolute Gasteiger partial charge is 0.376 e. The van der Waals surface area contributed by atoms with Crippen LogP contribution in [0.2, 0.25) is 0 Å².